The molecule has 0 radical (unpaired) electrons. The number of nitrogens with zero attached hydrogens (tertiary/aromatic N) is 2. The molecule has 0 N–H and O–H groups in total. The van der Waals surface area contributed by atoms with Gasteiger partial charge in [-0.15, -0.1) is 0 Å². The summed E-state index contributed by atoms with van der Waals surface area (Å²) in [6.45, 7) is 4.77. The summed E-state index contributed by atoms with van der Waals surface area (Å²) in [7, 11) is 0. The monoisotopic (exact) mass is 832 g/mol. The fourth-order valence-corrected chi connectivity index (χ4v) is 9.74. The third kappa shape index (κ3) is 7.49. The second-order valence-corrected chi connectivity index (χ2v) is 17.4. The van der Waals surface area contributed by atoms with E-state index in [2.05, 4.69) is 278 Å². The maximum absolute atomic E-state index is 2.48. The Kier molecular flexibility index (Phi) is 10.3. The molecule has 1 aliphatic carbocycles. The highest BCUT2D eigenvalue weighted by Crippen LogP contribution is 2.57. The second-order valence-electron chi connectivity index (χ2n) is 17.4. The molecule has 0 spiro atoms. The number of anilines is 6. The normalized spacial score (nSPS) is 12.3. The van der Waals surface area contributed by atoms with E-state index < -0.39 is 0 Å². The highest BCUT2D eigenvalue weighted by atomic mass is 15.2. The molecular formula is C63H48N2. The largest absolute Gasteiger partial charge is 0.310 e. The highest BCUT2D eigenvalue weighted by molar-refractivity contribution is 5.99. The molecule has 0 atom stereocenters. The third-order valence-electron chi connectivity index (χ3n) is 13.0. The Hall–Kier alpha value is -8.20. The average Bonchev–Trinajstić information content (AvgIpc) is 3.61. The molecule has 0 saturated carbocycles. The van der Waals surface area contributed by atoms with Gasteiger partial charge in [0.2, 0.25) is 0 Å². The van der Waals surface area contributed by atoms with Gasteiger partial charge < -0.3 is 9.80 Å². The Morgan fingerprint density at radius 1 is 0.262 bits per heavy atom. The van der Waals surface area contributed by atoms with Crippen LogP contribution in [0, 0.1) is 0 Å². The molecular weight excluding hydrogens is 785 g/mol. The topological polar surface area (TPSA) is 6.48 Å². The summed E-state index contributed by atoms with van der Waals surface area (Å²) in [5.41, 5.74) is 20.9. The molecule has 0 bridgehead atoms. The van der Waals surface area contributed by atoms with E-state index in [1.54, 1.807) is 0 Å². The van der Waals surface area contributed by atoms with Gasteiger partial charge in [0, 0.05) is 39.4 Å². The van der Waals surface area contributed by atoms with Crippen molar-refractivity contribution in [3.05, 3.63) is 266 Å². The van der Waals surface area contributed by atoms with E-state index in [1.165, 1.54) is 66.8 Å². The zero-order valence-corrected chi connectivity index (χ0v) is 36.6. The van der Waals surface area contributed by atoms with Crippen LogP contribution in [0.1, 0.15) is 25.0 Å². The minimum absolute atomic E-state index is 0.278. The van der Waals surface area contributed by atoms with Gasteiger partial charge in [-0.2, -0.15) is 0 Å². The molecule has 10 aromatic rings. The van der Waals surface area contributed by atoms with Crippen LogP contribution in [0.25, 0.3) is 55.6 Å². The summed E-state index contributed by atoms with van der Waals surface area (Å²) in [4.78, 5) is 4.93. The van der Waals surface area contributed by atoms with Crippen molar-refractivity contribution in [3.63, 3.8) is 0 Å². The average molecular weight is 833 g/mol. The Bertz CT molecular complexity index is 3250. The van der Waals surface area contributed by atoms with E-state index in [-0.39, 0.29) is 5.41 Å². The van der Waals surface area contributed by atoms with Gasteiger partial charge in [-0.1, -0.05) is 208 Å². The molecule has 0 aromatic heterocycles. The first kappa shape index (κ1) is 39.6. The van der Waals surface area contributed by atoms with E-state index in [9.17, 15) is 0 Å². The van der Waals surface area contributed by atoms with Crippen molar-refractivity contribution in [1.29, 1.82) is 0 Å². The summed E-state index contributed by atoms with van der Waals surface area (Å²) in [6.07, 6.45) is 0. The molecule has 0 aliphatic heterocycles. The Morgan fingerprint density at radius 3 is 1.14 bits per heavy atom. The standard InChI is InChI=1S/C63H48N2/c1-63(2)59-32-16-15-31-58(59)62-60(63)43-57(64(53-37-33-49(34-38-53)45-19-7-3-8-20-45)55-29-17-27-51(41-55)47-23-11-5-12-24-47)44-61(62)65(54-39-35-50(36-40-54)46-21-9-4-10-22-46)56-30-18-28-52(42-56)48-25-13-6-14-26-48/h3-44H,1-2H3. The lowest BCUT2D eigenvalue weighted by atomic mass is 9.82. The number of hydrogen-bond donors (Lipinski definition) is 0. The number of fused-ring (bicyclic) bond motifs is 3. The fraction of sp³-hybridized carbons (Fsp3) is 0.0476. The van der Waals surface area contributed by atoms with Crippen molar-refractivity contribution in [2.45, 2.75) is 19.3 Å². The van der Waals surface area contributed by atoms with Crippen LogP contribution >= 0.6 is 0 Å². The van der Waals surface area contributed by atoms with Gasteiger partial charge in [0.1, 0.15) is 0 Å². The molecule has 11 rings (SSSR count). The lowest BCUT2D eigenvalue weighted by Crippen LogP contribution is -2.18. The first-order valence-corrected chi connectivity index (χ1v) is 22.5. The zero-order valence-electron chi connectivity index (χ0n) is 36.6. The van der Waals surface area contributed by atoms with E-state index >= 15 is 0 Å². The van der Waals surface area contributed by atoms with Crippen molar-refractivity contribution in [2.24, 2.45) is 0 Å². The minimum Gasteiger partial charge on any atom is -0.310 e. The van der Waals surface area contributed by atoms with Crippen LogP contribution in [-0.4, -0.2) is 0 Å². The van der Waals surface area contributed by atoms with Crippen LogP contribution in [0.3, 0.4) is 0 Å². The molecule has 0 saturated heterocycles. The summed E-state index contributed by atoms with van der Waals surface area (Å²) in [6, 6.07) is 92.7. The predicted molar refractivity (Wildman–Crippen MR) is 275 cm³/mol. The van der Waals surface area contributed by atoms with E-state index in [0.29, 0.717) is 0 Å². The minimum atomic E-state index is -0.278. The fourth-order valence-electron chi connectivity index (χ4n) is 9.74. The maximum Gasteiger partial charge on any atom is 0.0564 e. The summed E-state index contributed by atoms with van der Waals surface area (Å²) >= 11 is 0. The number of rotatable bonds is 10. The van der Waals surface area contributed by atoms with E-state index in [1.807, 2.05) is 0 Å². The number of hydrogen-bond acceptors (Lipinski definition) is 2. The summed E-state index contributed by atoms with van der Waals surface area (Å²) in [5, 5.41) is 0. The van der Waals surface area contributed by atoms with Crippen molar-refractivity contribution < 1.29 is 0 Å². The maximum atomic E-state index is 2.48. The quantitative estimate of drug-likeness (QED) is 0.135. The molecule has 310 valence electrons. The number of benzene rings is 10. The lowest BCUT2D eigenvalue weighted by molar-refractivity contribution is 0.660. The lowest BCUT2D eigenvalue weighted by Gasteiger charge is -2.33. The van der Waals surface area contributed by atoms with Gasteiger partial charge in [-0.25, -0.2) is 0 Å². The molecule has 2 nitrogen and oxygen atoms in total. The van der Waals surface area contributed by atoms with Gasteiger partial charge >= 0.3 is 0 Å². The van der Waals surface area contributed by atoms with Gasteiger partial charge in [0.25, 0.3) is 0 Å². The summed E-state index contributed by atoms with van der Waals surface area (Å²) in [5.74, 6) is 0. The molecule has 1 aliphatic rings. The Morgan fingerprint density at radius 2 is 0.646 bits per heavy atom. The third-order valence-corrected chi connectivity index (χ3v) is 13.0. The van der Waals surface area contributed by atoms with Crippen molar-refractivity contribution in [3.8, 4) is 55.6 Å². The zero-order chi connectivity index (χ0) is 43.7. The molecule has 65 heavy (non-hydrogen) atoms. The van der Waals surface area contributed by atoms with Gasteiger partial charge in [0.15, 0.2) is 0 Å². The van der Waals surface area contributed by atoms with Crippen molar-refractivity contribution in [1.82, 2.24) is 0 Å². The SMILES string of the molecule is CC1(C)c2ccccc2-c2c(N(c3ccc(-c4ccccc4)cc3)c3cccc(-c4ccccc4)c3)cc(N(c3ccc(-c4ccccc4)cc3)c3cccc(-c4ccccc4)c3)cc21. The van der Waals surface area contributed by atoms with Crippen LogP contribution in [-0.2, 0) is 5.41 Å². The molecule has 0 fully saturated rings. The van der Waals surface area contributed by atoms with Gasteiger partial charge in [0.05, 0.1) is 5.69 Å². The predicted octanol–water partition coefficient (Wildman–Crippen LogP) is 17.6. The van der Waals surface area contributed by atoms with Crippen LogP contribution in [0.15, 0.2) is 255 Å². The van der Waals surface area contributed by atoms with Crippen LogP contribution < -0.4 is 9.80 Å². The Balaban J connectivity index is 1.17. The van der Waals surface area contributed by atoms with Crippen LogP contribution in [0.4, 0.5) is 34.1 Å². The second kappa shape index (κ2) is 16.8. The van der Waals surface area contributed by atoms with Crippen LogP contribution in [0.2, 0.25) is 0 Å². The van der Waals surface area contributed by atoms with Gasteiger partial charge in [-0.3, -0.25) is 0 Å². The molecule has 10 aromatic carbocycles. The van der Waals surface area contributed by atoms with Crippen LogP contribution in [0.5, 0.6) is 0 Å². The summed E-state index contributed by atoms with van der Waals surface area (Å²) < 4.78 is 0. The van der Waals surface area contributed by atoms with E-state index in [4.69, 9.17) is 0 Å². The van der Waals surface area contributed by atoms with Crippen molar-refractivity contribution in [2.75, 3.05) is 9.80 Å². The molecule has 0 unspecified atom stereocenters. The first-order chi connectivity index (χ1) is 32.0. The first-order valence-electron chi connectivity index (χ1n) is 22.5. The van der Waals surface area contributed by atoms with Crippen molar-refractivity contribution >= 4 is 34.1 Å². The Labute approximate surface area is 383 Å². The molecule has 0 amide bonds. The van der Waals surface area contributed by atoms with E-state index in [0.717, 1.165) is 34.1 Å². The van der Waals surface area contributed by atoms with Gasteiger partial charge in [-0.05, 0) is 122 Å². The molecule has 0 heterocycles. The smallest absolute Gasteiger partial charge is 0.0564 e. The molecule has 2 heteroatoms. The highest BCUT2D eigenvalue weighted by Gasteiger charge is 2.39.